The lowest BCUT2D eigenvalue weighted by molar-refractivity contribution is -0.140. The van der Waals surface area contributed by atoms with Crippen LogP contribution in [0.2, 0.25) is 0 Å². The van der Waals surface area contributed by atoms with Gasteiger partial charge < -0.3 is 15.2 Å². The molecule has 35 heavy (non-hydrogen) atoms. The van der Waals surface area contributed by atoms with Crippen molar-refractivity contribution in [2.75, 3.05) is 24.5 Å². The van der Waals surface area contributed by atoms with Gasteiger partial charge in [0.25, 0.3) is 0 Å². The third kappa shape index (κ3) is 3.45. The van der Waals surface area contributed by atoms with E-state index in [0.29, 0.717) is 34.7 Å². The lowest BCUT2D eigenvalue weighted by Gasteiger charge is -2.33. The van der Waals surface area contributed by atoms with Crippen LogP contribution < -0.4 is 10.2 Å². The van der Waals surface area contributed by atoms with Crippen LogP contribution in [0.5, 0.6) is 0 Å². The van der Waals surface area contributed by atoms with Crippen LogP contribution in [0.1, 0.15) is 42.9 Å². The Labute approximate surface area is 199 Å². The van der Waals surface area contributed by atoms with Crippen molar-refractivity contribution in [2.24, 2.45) is 5.92 Å². The summed E-state index contributed by atoms with van der Waals surface area (Å²) in [7, 11) is 0. The summed E-state index contributed by atoms with van der Waals surface area (Å²) in [6, 6.07) is 3.18. The van der Waals surface area contributed by atoms with Crippen molar-refractivity contribution < 1.29 is 13.2 Å². The van der Waals surface area contributed by atoms with Crippen molar-refractivity contribution in [1.82, 2.24) is 30.2 Å². The zero-order valence-corrected chi connectivity index (χ0v) is 18.9. The van der Waals surface area contributed by atoms with Crippen molar-refractivity contribution in [1.29, 1.82) is 0 Å². The van der Waals surface area contributed by atoms with Crippen molar-refractivity contribution in [3.63, 3.8) is 0 Å². The number of hydrogen-bond donors (Lipinski definition) is 2. The van der Waals surface area contributed by atoms with Crippen LogP contribution in [-0.2, 0) is 6.18 Å². The van der Waals surface area contributed by atoms with Crippen LogP contribution in [0, 0.1) is 5.92 Å². The summed E-state index contributed by atoms with van der Waals surface area (Å²) in [4.78, 5) is 23.3. The Morgan fingerprint density at radius 3 is 2.77 bits per heavy atom. The summed E-state index contributed by atoms with van der Waals surface area (Å²) in [6.45, 7) is 2.88. The second-order valence-electron chi connectivity index (χ2n) is 9.87. The Bertz CT molecular complexity index is 1440. The van der Waals surface area contributed by atoms with Gasteiger partial charge in [-0.1, -0.05) is 0 Å². The zero-order valence-electron chi connectivity index (χ0n) is 18.9. The number of rotatable bonds is 3. The van der Waals surface area contributed by atoms with Gasteiger partial charge in [-0.15, -0.1) is 0 Å². The Morgan fingerprint density at radius 1 is 1.06 bits per heavy atom. The lowest BCUT2D eigenvalue weighted by Crippen LogP contribution is -2.44. The van der Waals surface area contributed by atoms with E-state index in [0.717, 1.165) is 68.1 Å². The zero-order chi connectivity index (χ0) is 23.7. The van der Waals surface area contributed by atoms with Crippen LogP contribution in [0.15, 0.2) is 30.7 Å². The van der Waals surface area contributed by atoms with Crippen LogP contribution in [0.3, 0.4) is 0 Å². The maximum atomic E-state index is 13.4. The topological polar surface area (TPSA) is 82.6 Å². The van der Waals surface area contributed by atoms with Gasteiger partial charge in [0.1, 0.15) is 17.2 Å². The van der Waals surface area contributed by atoms with E-state index < -0.39 is 11.9 Å². The van der Waals surface area contributed by atoms with Gasteiger partial charge in [0.2, 0.25) is 0 Å². The summed E-state index contributed by atoms with van der Waals surface area (Å²) in [5.74, 6) is 2.33. The molecule has 0 amide bonds. The van der Waals surface area contributed by atoms with E-state index in [4.69, 9.17) is 9.97 Å². The third-order valence-electron chi connectivity index (χ3n) is 7.69. The van der Waals surface area contributed by atoms with Gasteiger partial charge >= 0.3 is 6.18 Å². The van der Waals surface area contributed by atoms with Gasteiger partial charge in [-0.2, -0.15) is 13.2 Å². The lowest BCUT2D eigenvalue weighted by atomic mass is 9.94. The fourth-order valence-electron chi connectivity index (χ4n) is 5.84. The number of nitrogens with zero attached hydrogens (tertiary/aromatic N) is 5. The molecule has 3 aliphatic rings. The Morgan fingerprint density at radius 2 is 1.94 bits per heavy atom. The molecule has 4 aromatic heterocycles. The number of hydrogen-bond acceptors (Lipinski definition) is 6. The molecule has 2 atom stereocenters. The fourth-order valence-corrected chi connectivity index (χ4v) is 5.84. The standard InChI is InChI=1S/C25H24F3N7/c26-25(27,28)20-9-16-15(3-7-31-22(16)33-20)23-32-18-12-30-11-17(13-1-2-13)21(18)24(34-23)35-8-5-14-10-29-6-4-19(14)35/h3,7,9,11-14,19,29H,1-2,4-6,8,10H2,(H,31,33). The van der Waals surface area contributed by atoms with Crippen LogP contribution in [-0.4, -0.2) is 50.6 Å². The van der Waals surface area contributed by atoms with E-state index >= 15 is 0 Å². The summed E-state index contributed by atoms with van der Waals surface area (Å²) in [5, 5.41) is 4.91. The van der Waals surface area contributed by atoms with Crippen LogP contribution in [0.4, 0.5) is 19.0 Å². The van der Waals surface area contributed by atoms with E-state index in [-0.39, 0.29) is 5.65 Å². The first-order chi connectivity index (χ1) is 17.0. The Hall–Kier alpha value is -3.27. The van der Waals surface area contributed by atoms with E-state index in [9.17, 15) is 13.2 Å². The average molecular weight is 480 g/mol. The number of halogens is 3. The van der Waals surface area contributed by atoms with Gasteiger partial charge in [-0.05, 0) is 68.3 Å². The van der Waals surface area contributed by atoms with Gasteiger partial charge in [0.15, 0.2) is 5.82 Å². The van der Waals surface area contributed by atoms with Crippen molar-refractivity contribution >= 4 is 27.8 Å². The molecule has 2 aliphatic heterocycles. The first-order valence-electron chi connectivity index (χ1n) is 12.2. The van der Waals surface area contributed by atoms with Crippen LogP contribution >= 0.6 is 0 Å². The number of pyridine rings is 2. The molecule has 2 saturated heterocycles. The van der Waals surface area contributed by atoms with Crippen molar-refractivity contribution in [2.45, 2.75) is 43.8 Å². The number of piperidine rings is 1. The number of anilines is 1. The number of alkyl halides is 3. The highest BCUT2D eigenvalue weighted by Gasteiger charge is 2.39. The van der Waals surface area contributed by atoms with Gasteiger partial charge in [-0.3, -0.25) is 4.98 Å². The molecular weight excluding hydrogens is 455 g/mol. The Kier molecular flexibility index (Phi) is 4.58. The van der Waals surface area contributed by atoms with E-state index in [1.165, 1.54) is 11.8 Å². The summed E-state index contributed by atoms with van der Waals surface area (Å²) >= 11 is 0. The van der Waals surface area contributed by atoms with Gasteiger partial charge in [0, 0.05) is 41.3 Å². The monoisotopic (exact) mass is 479 g/mol. The molecule has 2 unspecified atom stereocenters. The summed E-state index contributed by atoms with van der Waals surface area (Å²) < 4.78 is 40.2. The van der Waals surface area contributed by atoms with E-state index in [2.05, 4.69) is 25.2 Å². The fraction of sp³-hybridized carbons (Fsp3) is 0.440. The molecule has 7 rings (SSSR count). The summed E-state index contributed by atoms with van der Waals surface area (Å²) in [6.07, 6.45) is 5.10. The van der Waals surface area contributed by atoms with Gasteiger partial charge in [0.05, 0.1) is 11.7 Å². The Balaban J connectivity index is 1.45. The largest absolute Gasteiger partial charge is 0.431 e. The number of H-pyrrole nitrogens is 1. The van der Waals surface area contributed by atoms with Crippen molar-refractivity contribution in [3.05, 3.63) is 42.0 Å². The molecule has 0 bridgehead atoms. The molecule has 6 heterocycles. The average Bonchev–Trinajstić information content (AvgIpc) is 3.44. The highest BCUT2D eigenvalue weighted by atomic mass is 19.4. The number of nitrogens with one attached hydrogen (secondary N) is 2. The molecule has 0 spiro atoms. The maximum absolute atomic E-state index is 13.4. The second-order valence-corrected chi connectivity index (χ2v) is 9.87. The van der Waals surface area contributed by atoms with Gasteiger partial charge in [-0.25, -0.2) is 15.0 Å². The molecular formula is C25H24F3N7. The predicted molar refractivity (Wildman–Crippen MR) is 126 cm³/mol. The van der Waals surface area contributed by atoms with Crippen LogP contribution in [0.25, 0.3) is 33.3 Å². The molecule has 180 valence electrons. The molecule has 10 heteroatoms. The predicted octanol–water partition coefficient (Wildman–Crippen LogP) is 4.65. The quantitative estimate of drug-likeness (QED) is 0.445. The highest BCUT2D eigenvalue weighted by molar-refractivity contribution is 5.97. The van der Waals surface area contributed by atoms with E-state index in [1.807, 2.05) is 6.20 Å². The first-order valence-corrected chi connectivity index (χ1v) is 12.2. The first kappa shape index (κ1) is 21.0. The molecule has 7 nitrogen and oxygen atoms in total. The minimum Gasteiger partial charge on any atom is -0.353 e. The minimum atomic E-state index is -4.49. The smallest absolute Gasteiger partial charge is 0.353 e. The number of aromatic amines is 1. The second kappa shape index (κ2) is 7.61. The molecule has 1 aliphatic carbocycles. The third-order valence-corrected chi connectivity index (χ3v) is 7.69. The summed E-state index contributed by atoms with van der Waals surface area (Å²) in [5.41, 5.74) is 1.79. The van der Waals surface area contributed by atoms with Crippen molar-refractivity contribution in [3.8, 4) is 11.4 Å². The molecule has 0 radical (unpaired) electrons. The molecule has 4 aromatic rings. The SMILES string of the molecule is FC(F)(F)c1cc2c(-c3nc(N4CCC5CNCCC54)c4c(C5CC5)cncc4n3)ccnc2[nH]1. The van der Waals surface area contributed by atoms with E-state index in [1.54, 1.807) is 12.3 Å². The number of aromatic nitrogens is 5. The minimum absolute atomic E-state index is 0.171. The number of fused-ring (bicyclic) bond motifs is 3. The normalized spacial score (nSPS) is 22.8. The molecule has 3 fully saturated rings. The highest BCUT2D eigenvalue weighted by Crippen LogP contribution is 2.46. The molecule has 1 saturated carbocycles. The molecule has 0 aromatic carbocycles. The molecule has 2 N–H and O–H groups in total. The maximum Gasteiger partial charge on any atom is 0.431 e.